The van der Waals surface area contributed by atoms with Crippen LogP contribution < -0.4 is 15.1 Å². The second-order valence-corrected chi connectivity index (χ2v) is 7.33. The van der Waals surface area contributed by atoms with Crippen molar-refractivity contribution in [2.75, 3.05) is 18.9 Å². The van der Waals surface area contributed by atoms with E-state index < -0.39 is 26.9 Å². The monoisotopic (exact) mass is 390 g/mol. The van der Waals surface area contributed by atoms with E-state index in [-0.39, 0.29) is 21.9 Å². The van der Waals surface area contributed by atoms with E-state index in [1.165, 1.54) is 19.5 Å². The quantitative estimate of drug-likeness (QED) is 0.728. The van der Waals surface area contributed by atoms with Gasteiger partial charge < -0.3 is 9.47 Å². The van der Waals surface area contributed by atoms with Crippen LogP contribution in [0, 0.1) is 6.92 Å². The van der Waals surface area contributed by atoms with Gasteiger partial charge in [-0.1, -0.05) is 0 Å². The molecule has 2 heterocycles. The largest absolute Gasteiger partial charge is 0.467 e. The fourth-order valence-corrected chi connectivity index (χ4v) is 3.67. The first-order valence-corrected chi connectivity index (χ1v) is 8.94. The molecule has 0 fully saturated rings. The lowest BCUT2D eigenvalue weighted by Crippen LogP contribution is -2.36. The average Bonchev–Trinajstić information content (AvgIpc) is 3.07. The lowest BCUT2D eigenvalue weighted by Gasteiger charge is -2.08. The van der Waals surface area contributed by atoms with Crippen LogP contribution in [0.1, 0.15) is 15.2 Å². The Morgan fingerprint density at radius 1 is 1.32 bits per heavy atom. The number of esters is 1. The Hall–Kier alpha value is -2.67. The Bertz CT molecular complexity index is 999. The Morgan fingerprint density at radius 3 is 2.48 bits per heavy atom. The fraction of sp³-hybridized carbons (Fsp3) is 0.333. The molecule has 0 radical (unpaired) electrons. The number of anilines is 1. The number of carbonyl (C=O) groups excluding carboxylic acids is 2. The molecule has 2 aromatic rings. The Labute approximate surface area is 145 Å². The van der Waals surface area contributed by atoms with Crippen molar-refractivity contribution in [3.63, 3.8) is 0 Å². The summed E-state index contributed by atoms with van der Waals surface area (Å²) in [7, 11) is -1.11. The number of methoxy groups -OCH3 is 2. The number of carbonyl (C=O) groups is 2. The summed E-state index contributed by atoms with van der Waals surface area (Å²) in [6.07, 6.45) is 0. The SMILES string of the molecule is COC(=O)c1csc(C)c1NS(=O)(=O)C(=O)n1nc(OC)n(C)c1=O. The third kappa shape index (κ3) is 3.28. The number of hydrogen-bond acceptors (Lipinski definition) is 9. The van der Waals surface area contributed by atoms with Crippen LogP contribution in [0.25, 0.3) is 0 Å². The van der Waals surface area contributed by atoms with E-state index in [1.807, 2.05) is 4.72 Å². The van der Waals surface area contributed by atoms with Crippen LogP contribution in [-0.2, 0) is 21.8 Å². The van der Waals surface area contributed by atoms with Crippen molar-refractivity contribution in [3.8, 4) is 6.01 Å². The predicted molar refractivity (Wildman–Crippen MR) is 87.8 cm³/mol. The molecule has 0 aliphatic heterocycles. The van der Waals surface area contributed by atoms with Gasteiger partial charge in [-0.15, -0.1) is 21.1 Å². The molecule has 0 atom stereocenters. The van der Waals surface area contributed by atoms with Crippen LogP contribution in [0.4, 0.5) is 10.5 Å². The van der Waals surface area contributed by atoms with Gasteiger partial charge in [-0.25, -0.2) is 14.2 Å². The number of aromatic nitrogens is 3. The summed E-state index contributed by atoms with van der Waals surface area (Å²) >= 11 is 1.09. The molecule has 0 spiro atoms. The second-order valence-electron chi connectivity index (χ2n) is 4.68. The maximum absolute atomic E-state index is 12.3. The van der Waals surface area contributed by atoms with Crippen molar-refractivity contribution in [2.24, 2.45) is 7.05 Å². The molecule has 13 heteroatoms. The molecule has 11 nitrogen and oxygen atoms in total. The highest BCUT2D eigenvalue weighted by Crippen LogP contribution is 2.29. The molecule has 25 heavy (non-hydrogen) atoms. The predicted octanol–water partition coefficient (Wildman–Crippen LogP) is 0.157. The molecule has 1 N–H and O–H groups in total. The van der Waals surface area contributed by atoms with Gasteiger partial charge in [-0.3, -0.25) is 9.52 Å². The summed E-state index contributed by atoms with van der Waals surface area (Å²) in [6.45, 7) is 1.55. The topological polar surface area (TPSA) is 139 Å². The molecular weight excluding hydrogens is 376 g/mol. The zero-order valence-corrected chi connectivity index (χ0v) is 15.2. The smallest absolute Gasteiger partial charge is 0.388 e. The number of thiophene rings is 1. The molecule has 0 bridgehead atoms. The van der Waals surface area contributed by atoms with Gasteiger partial charge in [0.15, 0.2) is 0 Å². The van der Waals surface area contributed by atoms with Crippen molar-refractivity contribution in [2.45, 2.75) is 6.92 Å². The van der Waals surface area contributed by atoms with E-state index >= 15 is 0 Å². The van der Waals surface area contributed by atoms with Crippen LogP contribution in [0.15, 0.2) is 10.2 Å². The number of nitrogens with zero attached hydrogens (tertiary/aromatic N) is 3. The molecule has 136 valence electrons. The number of nitrogens with one attached hydrogen (secondary N) is 1. The number of sulfonamides is 1. The third-order valence-electron chi connectivity index (χ3n) is 3.14. The molecule has 2 rings (SSSR count). The minimum atomic E-state index is -4.72. The first kappa shape index (κ1) is 18.7. The van der Waals surface area contributed by atoms with E-state index in [4.69, 9.17) is 4.74 Å². The molecule has 0 amide bonds. The number of hydrogen-bond donors (Lipinski definition) is 1. The van der Waals surface area contributed by atoms with E-state index in [2.05, 4.69) is 9.84 Å². The van der Waals surface area contributed by atoms with E-state index in [0.717, 1.165) is 23.0 Å². The highest BCUT2D eigenvalue weighted by Gasteiger charge is 2.31. The van der Waals surface area contributed by atoms with Gasteiger partial charge in [-0.05, 0) is 6.92 Å². The standard InChI is InChI=1S/C12H14N4O7S2/c1-6-8(7(5-24-6)9(17)22-3)14-25(20,21)12(19)16-11(18)15(2)10(13-16)23-4/h5,14H,1-4H3. The van der Waals surface area contributed by atoms with Gasteiger partial charge in [0.05, 0.1) is 25.5 Å². The van der Waals surface area contributed by atoms with Crippen molar-refractivity contribution >= 4 is 38.3 Å². The summed E-state index contributed by atoms with van der Waals surface area (Å²) in [6, 6.07) is -0.240. The van der Waals surface area contributed by atoms with E-state index in [0.29, 0.717) is 4.88 Å². The fourth-order valence-electron chi connectivity index (χ4n) is 1.85. The molecule has 0 saturated carbocycles. The zero-order chi connectivity index (χ0) is 18.9. The van der Waals surface area contributed by atoms with Crippen LogP contribution in [0.3, 0.4) is 0 Å². The van der Waals surface area contributed by atoms with Gasteiger partial charge in [-0.2, -0.15) is 8.42 Å². The zero-order valence-electron chi connectivity index (χ0n) is 13.6. The minimum absolute atomic E-state index is 0.0488. The summed E-state index contributed by atoms with van der Waals surface area (Å²) < 4.78 is 37.0. The summed E-state index contributed by atoms with van der Waals surface area (Å²) in [4.78, 5) is 36.3. The molecule has 0 aliphatic rings. The van der Waals surface area contributed by atoms with E-state index in [1.54, 1.807) is 6.92 Å². The Morgan fingerprint density at radius 2 is 1.96 bits per heavy atom. The first-order chi connectivity index (χ1) is 11.6. The summed E-state index contributed by atoms with van der Waals surface area (Å²) in [5, 5.41) is 3.28. The molecular formula is C12H14N4O7S2. The normalized spacial score (nSPS) is 11.2. The number of rotatable bonds is 4. The molecule has 2 aromatic heterocycles. The third-order valence-corrected chi connectivity index (χ3v) is 5.16. The maximum Gasteiger partial charge on any atom is 0.388 e. The number of ether oxygens (including phenoxy) is 2. The molecule has 0 aromatic carbocycles. The minimum Gasteiger partial charge on any atom is -0.467 e. The lowest BCUT2D eigenvalue weighted by atomic mass is 10.2. The number of aryl methyl sites for hydroxylation is 1. The van der Waals surface area contributed by atoms with Crippen molar-refractivity contribution < 1.29 is 27.5 Å². The van der Waals surface area contributed by atoms with Crippen molar-refractivity contribution in [1.29, 1.82) is 0 Å². The highest BCUT2D eigenvalue weighted by atomic mass is 32.2. The average molecular weight is 390 g/mol. The molecule has 0 saturated heterocycles. The Balaban J connectivity index is 2.44. The summed E-state index contributed by atoms with van der Waals surface area (Å²) in [5.74, 6) is -0.772. The van der Waals surface area contributed by atoms with Gasteiger partial charge >= 0.3 is 32.9 Å². The Kier molecular flexibility index (Phi) is 4.99. The van der Waals surface area contributed by atoms with Crippen LogP contribution in [0.5, 0.6) is 6.01 Å². The van der Waals surface area contributed by atoms with Crippen molar-refractivity contribution in [1.82, 2.24) is 14.3 Å². The lowest BCUT2D eigenvalue weighted by molar-refractivity contribution is 0.0602. The van der Waals surface area contributed by atoms with Crippen LogP contribution in [0.2, 0.25) is 0 Å². The van der Waals surface area contributed by atoms with E-state index in [9.17, 15) is 22.8 Å². The van der Waals surface area contributed by atoms with Gasteiger partial charge in [0.2, 0.25) is 0 Å². The maximum atomic E-state index is 12.3. The van der Waals surface area contributed by atoms with Crippen LogP contribution in [-0.4, -0.2) is 48.2 Å². The van der Waals surface area contributed by atoms with Gasteiger partial charge in [0.1, 0.15) is 0 Å². The van der Waals surface area contributed by atoms with Gasteiger partial charge in [0, 0.05) is 17.3 Å². The summed E-state index contributed by atoms with van der Waals surface area (Å²) in [5.41, 5.74) is -1.14. The van der Waals surface area contributed by atoms with Crippen LogP contribution >= 0.6 is 11.3 Å². The molecule has 0 aliphatic carbocycles. The van der Waals surface area contributed by atoms with Gasteiger partial charge in [0.25, 0.3) is 0 Å². The van der Waals surface area contributed by atoms with Crippen molar-refractivity contribution in [3.05, 3.63) is 26.3 Å². The highest BCUT2D eigenvalue weighted by molar-refractivity contribution is 8.07. The first-order valence-electron chi connectivity index (χ1n) is 6.57. The second kappa shape index (κ2) is 6.68. The molecule has 0 unspecified atom stereocenters.